The van der Waals surface area contributed by atoms with Crippen molar-refractivity contribution < 1.29 is 19.1 Å². The van der Waals surface area contributed by atoms with Crippen molar-refractivity contribution in [2.75, 3.05) is 40.5 Å². The van der Waals surface area contributed by atoms with Crippen LogP contribution in [0.4, 0.5) is 0 Å². The monoisotopic (exact) mass is 556 g/mol. The molecule has 0 saturated carbocycles. The van der Waals surface area contributed by atoms with E-state index in [1.165, 1.54) is 7.11 Å². The molecule has 0 radical (unpaired) electrons. The van der Waals surface area contributed by atoms with Crippen molar-refractivity contribution in [1.82, 2.24) is 29.8 Å². The molecule has 1 aliphatic rings. The highest BCUT2D eigenvalue weighted by Crippen LogP contribution is 2.30. The summed E-state index contributed by atoms with van der Waals surface area (Å²) < 4.78 is 13.8. The first-order valence-electron chi connectivity index (χ1n) is 13.7. The number of aromatic nitrogens is 4. The van der Waals surface area contributed by atoms with Crippen molar-refractivity contribution in [1.29, 1.82) is 0 Å². The molecule has 2 aromatic heterocycles. The van der Waals surface area contributed by atoms with Crippen LogP contribution in [0.25, 0.3) is 16.9 Å². The third kappa shape index (κ3) is 6.23. The van der Waals surface area contributed by atoms with Crippen LogP contribution in [0.5, 0.6) is 0 Å². The van der Waals surface area contributed by atoms with Gasteiger partial charge in [0, 0.05) is 57.5 Å². The van der Waals surface area contributed by atoms with E-state index >= 15 is 0 Å². The molecule has 0 aliphatic carbocycles. The fourth-order valence-electron chi connectivity index (χ4n) is 5.51. The van der Waals surface area contributed by atoms with Gasteiger partial charge < -0.3 is 14.8 Å². The number of likely N-dealkylation sites (tertiary alicyclic amines) is 1. The summed E-state index contributed by atoms with van der Waals surface area (Å²) in [7, 11) is 4.94. The number of rotatable bonds is 10. The van der Waals surface area contributed by atoms with Gasteiger partial charge in [0.25, 0.3) is 0 Å². The van der Waals surface area contributed by atoms with Gasteiger partial charge in [-0.3, -0.25) is 14.4 Å². The number of hydrogen-bond donors (Lipinski definition) is 1. The number of esters is 1. The van der Waals surface area contributed by atoms with E-state index in [1.807, 2.05) is 67.3 Å². The van der Waals surface area contributed by atoms with Crippen molar-refractivity contribution in [3.63, 3.8) is 0 Å². The van der Waals surface area contributed by atoms with Crippen LogP contribution in [-0.4, -0.2) is 82.8 Å². The molecule has 0 spiro atoms. The summed E-state index contributed by atoms with van der Waals surface area (Å²) >= 11 is 0. The second kappa shape index (κ2) is 12.5. The molecule has 0 unspecified atom stereocenters. The molecule has 2 atom stereocenters. The minimum atomic E-state index is -0.370. The van der Waals surface area contributed by atoms with Crippen LogP contribution in [0.1, 0.15) is 33.1 Å². The topological polar surface area (TPSA) is 104 Å². The van der Waals surface area contributed by atoms with Crippen LogP contribution in [-0.2, 0) is 27.7 Å². The summed E-state index contributed by atoms with van der Waals surface area (Å²) in [6.07, 6.45) is 3.89. The van der Waals surface area contributed by atoms with Gasteiger partial charge in [-0.15, -0.1) is 0 Å². The zero-order chi connectivity index (χ0) is 28.9. The maximum atomic E-state index is 13.7. The van der Waals surface area contributed by atoms with Crippen LogP contribution in [0.2, 0.25) is 0 Å². The van der Waals surface area contributed by atoms with Crippen molar-refractivity contribution in [2.24, 2.45) is 7.05 Å². The molecule has 1 fully saturated rings. The Morgan fingerprint density at radius 3 is 2.46 bits per heavy atom. The van der Waals surface area contributed by atoms with E-state index < -0.39 is 0 Å². The van der Waals surface area contributed by atoms with E-state index in [0.717, 1.165) is 46.9 Å². The molecule has 1 amide bonds. The van der Waals surface area contributed by atoms with Gasteiger partial charge in [0.1, 0.15) is 0 Å². The standard InChI is InChI=1S/C31H36N6O4/c1-21-28(37(25-8-6-5-7-9-25)34-30(21)24-17-32-35(2)18-24)16-29(38)33-27-20-36(14-15-40-3)19-26(27)22-10-12-23(13-11-22)31(39)41-4/h5-13,17-18,26-27H,14-16,19-20H2,1-4H3,(H,33,38)/t26-,27+/m0/s1. The van der Waals surface area contributed by atoms with Crippen LogP contribution in [0.3, 0.4) is 0 Å². The van der Waals surface area contributed by atoms with Gasteiger partial charge in [-0.25, -0.2) is 9.48 Å². The van der Waals surface area contributed by atoms with E-state index in [1.54, 1.807) is 30.1 Å². The highest BCUT2D eigenvalue weighted by molar-refractivity contribution is 5.89. The lowest BCUT2D eigenvalue weighted by molar-refractivity contribution is -0.121. The van der Waals surface area contributed by atoms with E-state index in [2.05, 4.69) is 15.3 Å². The average Bonchev–Trinajstić information content (AvgIpc) is 3.69. The predicted octanol–water partition coefficient (Wildman–Crippen LogP) is 3.14. The van der Waals surface area contributed by atoms with Crippen molar-refractivity contribution in [3.8, 4) is 16.9 Å². The van der Waals surface area contributed by atoms with Crippen LogP contribution >= 0.6 is 0 Å². The molecular weight excluding hydrogens is 520 g/mol. The van der Waals surface area contributed by atoms with Crippen molar-refractivity contribution in [2.45, 2.75) is 25.3 Å². The Bertz CT molecular complexity index is 1490. The molecule has 2 aromatic carbocycles. The maximum Gasteiger partial charge on any atom is 0.337 e. The predicted molar refractivity (Wildman–Crippen MR) is 155 cm³/mol. The molecule has 41 heavy (non-hydrogen) atoms. The Morgan fingerprint density at radius 1 is 1.05 bits per heavy atom. The molecule has 214 valence electrons. The number of carbonyl (C=O) groups excluding carboxylic acids is 2. The van der Waals surface area contributed by atoms with Crippen molar-refractivity contribution >= 4 is 11.9 Å². The molecule has 10 nitrogen and oxygen atoms in total. The summed E-state index contributed by atoms with van der Waals surface area (Å²) in [4.78, 5) is 27.9. The number of nitrogens with one attached hydrogen (secondary N) is 1. The quantitative estimate of drug-likeness (QED) is 0.299. The number of benzene rings is 2. The highest BCUT2D eigenvalue weighted by atomic mass is 16.5. The van der Waals surface area contributed by atoms with Gasteiger partial charge in [0.15, 0.2) is 0 Å². The lowest BCUT2D eigenvalue weighted by Gasteiger charge is -2.21. The Balaban J connectivity index is 1.40. The largest absolute Gasteiger partial charge is 0.465 e. The molecule has 1 aliphatic heterocycles. The highest BCUT2D eigenvalue weighted by Gasteiger charge is 2.35. The fourth-order valence-corrected chi connectivity index (χ4v) is 5.51. The number of carbonyl (C=O) groups is 2. The second-order valence-electron chi connectivity index (χ2n) is 10.4. The summed E-state index contributed by atoms with van der Waals surface area (Å²) in [5, 5.41) is 12.5. The molecule has 5 rings (SSSR count). The Labute approximate surface area is 239 Å². The average molecular weight is 557 g/mol. The van der Waals surface area contributed by atoms with Crippen molar-refractivity contribution in [3.05, 3.63) is 89.4 Å². The lowest BCUT2D eigenvalue weighted by Crippen LogP contribution is -2.41. The maximum absolute atomic E-state index is 13.7. The van der Waals surface area contributed by atoms with Crippen LogP contribution < -0.4 is 5.32 Å². The van der Waals surface area contributed by atoms with Crippen LogP contribution in [0.15, 0.2) is 67.0 Å². The third-order valence-electron chi connectivity index (χ3n) is 7.66. The van der Waals surface area contributed by atoms with Gasteiger partial charge in [0.05, 0.1) is 49.0 Å². The van der Waals surface area contributed by atoms with Crippen LogP contribution in [0, 0.1) is 6.92 Å². The SMILES string of the molecule is COCCN1C[C@@H](NC(=O)Cc2c(C)c(-c3cnn(C)c3)nn2-c2ccccc2)[C@H](c2ccc(C(=O)OC)cc2)C1. The first-order chi connectivity index (χ1) is 19.9. The number of para-hydroxylation sites is 1. The van der Waals surface area contributed by atoms with E-state index in [-0.39, 0.29) is 30.3 Å². The number of aryl methyl sites for hydroxylation is 1. The number of ether oxygens (including phenoxy) is 2. The molecule has 10 heteroatoms. The first-order valence-corrected chi connectivity index (χ1v) is 13.7. The Morgan fingerprint density at radius 2 is 1.80 bits per heavy atom. The van der Waals surface area contributed by atoms with Gasteiger partial charge in [0.2, 0.25) is 5.91 Å². The zero-order valence-electron chi connectivity index (χ0n) is 23.9. The normalized spacial score (nSPS) is 17.1. The molecule has 4 aromatic rings. The summed E-state index contributed by atoms with van der Waals surface area (Å²) in [5.41, 5.74) is 5.94. The van der Waals surface area contributed by atoms with Gasteiger partial charge in [-0.2, -0.15) is 10.2 Å². The van der Waals surface area contributed by atoms with E-state index in [9.17, 15) is 9.59 Å². The lowest BCUT2D eigenvalue weighted by atomic mass is 9.93. The fraction of sp³-hybridized carbons (Fsp3) is 0.355. The summed E-state index contributed by atoms with van der Waals surface area (Å²) in [5.74, 6) is -0.378. The molecule has 3 heterocycles. The molecule has 0 bridgehead atoms. The number of hydrogen-bond acceptors (Lipinski definition) is 7. The first kappa shape index (κ1) is 28.3. The number of methoxy groups -OCH3 is 2. The van der Waals surface area contributed by atoms with E-state index in [4.69, 9.17) is 14.6 Å². The Hall–Kier alpha value is -4.28. The third-order valence-corrected chi connectivity index (χ3v) is 7.66. The van der Waals surface area contributed by atoms with Gasteiger partial charge in [-0.05, 0) is 42.3 Å². The molecular formula is C31H36N6O4. The molecule has 1 N–H and O–H groups in total. The summed E-state index contributed by atoms with van der Waals surface area (Å²) in [6.45, 7) is 4.87. The Kier molecular flexibility index (Phi) is 8.61. The van der Waals surface area contributed by atoms with E-state index in [0.29, 0.717) is 18.7 Å². The van der Waals surface area contributed by atoms with Gasteiger partial charge in [-0.1, -0.05) is 30.3 Å². The second-order valence-corrected chi connectivity index (χ2v) is 10.4. The minimum Gasteiger partial charge on any atom is -0.465 e. The smallest absolute Gasteiger partial charge is 0.337 e. The minimum absolute atomic E-state index is 0.0635. The number of nitrogens with zero attached hydrogens (tertiary/aromatic N) is 5. The van der Waals surface area contributed by atoms with Gasteiger partial charge >= 0.3 is 5.97 Å². The summed E-state index contributed by atoms with van der Waals surface area (Å²) in [6, 6.07) is 17.2. The number of amides is 1. The molecule has 1 saturated heterocycles. The zero-order valence-corrected chi connectivity index (χ0v) is 23.9.